The van der Waals surface area contributed by atoms with Crippen LogP contribution in [0.3, 0.4) is 0 Å². The summed E-state index contributed by atoms with van der Waals surface area (Å²) in [6.45, 7) is 9.87. The van der Waals surface area contributed by atoms with E-state index in [2.05, 4.69) is 55.1 Å². The van der Waals surface area contributed by atoms with Crippen molar-refractivity contribution in [2.45, 2.75) is 71.9 Å². The molecule has 1 saturated heterocycles. The summed E-state index contributed by atoms with van der Waals surface area (Å²) in [7, 11) is 0. The van der Waals surface area contributed by atoms with E-state index in [1.165, 1.54) is 42.0 Å². The predicted octanol–water partition coefficient (Wildman–Crippen LogP) is 6.21. The van der Waals surface area contributed by atoms with Gasteiger partial charge in [-0.1, -0.05) is 32.0 Å². The lowest BCUT2D eigenvalue weighted by Gasteiger charge is -2.31. The fraction of sp³-hybridized carbons (Fsp3) is 0.607. The maximum absolute atomic E-state index is 12.0. The third-order valence-electron chi connectivity index (χ3n) is 7.45. The van der Waals surface area contributed by atoms with Gasteiger partial charge in [0.25, 0.3) is 0 Å². The first-order valence-corrected chi connectivity index (χ1v) is 12.6. The minimum Gasteiger partial charge on any atom is -0.490 e. The van der Waals surface area contributed by atoms with Crippen molar-refractivity contribution < 1.29 is 14.3 Å². The van der Waals surface area contributed by atoms with Gasteiger partial charge in [0.2, 0.25) is 0 Å². The van der Waals surface area contributed by atoms with Gasteiger partial charge in [0, 0.05) is 6.54 Å². The highest BCUT2D eigenvalue weighted by atomic mass is 16.5. The molecule has 4 nitrogen and oxygen atoms in total. The first-order chi connectivity index (χ1) is 15.5. The van der Waals surface area contributed by atoms with Gasteiger partial charge in [0.05, 0.1) is 18.6 Å². The first-order valence-electron chi connectivity index (χ1n) is 12.6. The van der Waals surface area contributed by atoms with Crippen LogP contribution in [-0.2, 0) is 16.1 Å². The quantitative estimate of drug-likeness (QED) is 0.483. The number of fused-ring (bicyclic) bond motifs is 1. The fourth-order valence-electron chi connectivity index (χ4n) is 5.36. The number of piperidine rings is 1. The molecule has 0 spiro atoms. The number of nitrogens with zero attached hydrogens (tertiary/aromatic N) is 1. The van der Waals surface area contributed by atoms with Crippen molar-refractivity contribution in [2.75, 3.05) is 19.7 Å². The lowest BCUT2D eigenvalue weighted by Crippen LogP contribution is -2.36. The van der Waals surface area contributed by atoms with Gasteiger partial charge < -0.3 is 9.47 Å². The van der Waals surface area contributed by atoms with Gasteiger partial charge >= 0.3 is 5.97 Å². The lowest BCUT2D eigenvalue weighted by atomic mass is 9.80. The van der Waals surface area contributed by atoms with E-state index < -0.39 is 0 Å². The van der Waals surface area contributed by atoms with Crippen molar-refractivity contribution in [1.29, 1.82) is 0 Å². The van der Waals surface area contributed by atoms with Gasteiger partial charge in [-0.25, -0.2) is 0 Å². The Morgan fingerprint density at radius 3 is 2.34 bits per heavy atom. The summed E-state index contributed by atoms with van der Waals surface area (Å²) >= 11 is 0. The Morgan fingerprint density at radius 2 is 1.66 bits per heavy atom. The molecule has 4 heteroatoms. The van der Waals surface area contributed by atoms with Crippen molar-refractivity contribution in [3.05, 3.63) is 42.0 Å². The Bertz CT molecular complexity index is 893. The van der Waals surface area contributed by atoms with Crippen LogP contribution in [0.4, 0.5) is 0 Å². The summed E-state index contributed by atoms with van der Waals surface area (Å²) < 4.78 is 11.5. The van der Waals surface area contributed by atoms with Gasteiger partial charge in [-0.05, 0) is 105 Å². The highest BCUT2D eigenvalue weighted by Gasteiger charge is 2.26. The number of ether oxygens (including phenoxy) is 2. The van der Waals surface area contributed by atoms with E-state index in [9.17, 15) is 4.79 Å². The Kier molecular flexibility index (Phi) is 7.72. The first kappa shape index (κ1) is 23.1. The van der Waals surface area contributed by atoms with Gasteiger partial charge in [-0.2, -0.15) is 0 Å². The second kappa shape index (κ2) is 10.7. The minimum absolute atomic E-state index is 0.0242. The summed E-state index contributed by atoms with van der Waals surface area (Å²) in [5.41, 5.74) is 1.33. The maximum atomic E-state index is 12.0. The van der Waals surface area contributed by atoms with Crippen molar-refractivity contribution in [1.82, 2.24) is 4.90 Å². The second-order valence-electron chi connectivity index (χ2n) is 10.0. The third kappa shape index (κ3) is 5.83. The monoisotopic (exact) mass is 437 g/mol. The molecule has 2 aromatic rings. The molecule has 0 radical (unpaired) electrons. The zero-order chi connectivity index (χ0) is 22.5. The van der Waals surface area contributed by atoms with E-state index in [0.29, 0.717) is 12.7 Å². The summed E-state index contributed by atoms with van der Waals surface area (Å²) in [6.07, 6.45) is 7.07. The molecule has 2 aromatic carbocycles. The van der Waals surface area contributed by atoms with E-state index in [1.54, 1.807) is 0 Å². The molecular weight excluding hydrogens is 398 g/mol. The molecule has 2 fully saturated rings. The zero-order valence-electron chi connectivity index (χ0n) is 20.0. The number of carbonyl (C=O) groups is 1. The van der Waals surface area contributed by atoms with Crippen molar-refractivity contribution in [3.63, 3.8) is 0 Å². The van der Waals surface area contributed by atoms with Crippen LogP contribution in [0.25, 0.3) is 10.8 Å². The molecule has 0 amide bonds. The zero-order valence-corrected chi connectivity index (χ0v) is 20.0. The Labute approximate surface area is 193 Å². The molecule has 2 aliphatic rings. The maximum Gasteiger partial charge on any atom is 0.309 e. The number of esters is 1. The Balaban J connectivity index is 1.31. The van der Waals surface area contributed by atoms with E-state index >= 15 is 0 Å². The topological polar surface area (TPSA) is 38.8 Å². The SMILES string of the molecule is CCOC(=O)C1CCN(Cc2ccc3cc(OC4CCC(C(C)C)CC4)ccc3c2)CC1. The smallest absolute Gasteiger partial charge is 0.309 e. The molecule has 0 aromatic heterocycles. The van der Waals surface area contributed by atoms with Crippen LogP contribution in [0.5, 0.6) is 5.75 Å². The number of hydrogen-bond acceptors (Lipinski definition) is 4. The van der Waals surface area contributed by atoms with Crippen molar-refractivity contribution >= 4 is 16.7 Å². The average molecular weight is 438 g/mol. The van der Waals surface area contributed by atoms with E-state index in [4.69, 9.17) is 9.47 Å². The highest BCUT2D eigenvalue weighted by molar-refractivity contribution is 5.84. The van der Waals surface area contributed by atoms with Gasteiger partial charge in [0.15, 0.2) is 0 Å². The van der Waals surface area contributed by atoms with Crippen LogP contribution in [0.15, 0.2) is 36.4 Å². The van der Waals surface area contributed by atoms with E-state index in [0.717, 1.165) is 50.1 Å². The van der Waals surface area contributed by atoms with Gasteiger partial charge in [0.1, 0.15) is 5.75 Å². The molecule has 1 aliphatic carbocycles. The summed E-state index contributed by atoms with van der Waals surface area (Å²) in [4.78, 5) is 14.4. The summed E-state index contributed by atoms with van der Waals surface area (Å²) in [5, 5.41) is 2.50. The number of carbonyl (C=O) groups excluding carboxylic acids is 1. The molecule has 1 aliphatic heterocycles. The number of benzene rings is 2. The van der Waals surface area contributed by atoms with Crippen molar-refractivity contribution in [3.8, 4) is 5.75 Å². The average Bonchev–Trinajstić information content (AvgIpc) is 2.80. The molecule has 0 unspecified atom stereocenters. The Morgan fingerprint density at radius 1 is 0.969 bits per heavy atom. The molecule has 32 heavy (non-hydrogen) atoms. The number of hydrogen-bond donors (Lipinski definition) is 0. The minimum atomic E-state index is -0.0242. The predicted molar refractivity (Wildman–Crippen MR) is 130 cm³/mol. The van der Waals surface area contributed by atoms with Crippen LogP contribution in [0.1, 0.15) is 64.9 Å². The lowest BCUT2D eigenvalue weighted by molar-refractivity contribution is -0.149. The highest BCUT2D eigenvalue weighted by Crippen LogP contribution is 2.33. The molecular formula is C28H39NO3. The number of rotatable bonds is 7. The van der Waals surface area contributed by atoms with Crippen LogP contribution < -0.4 is 4.74 Å². The van der Waals surface area contributed by atoms with Gasteiger partial charge in [-0.15, -0.1) is 0 Å². The molecule has 0 N–H and O–H groups in total. The normalized spacial score (nSPS) is 22.9. The standard InChI is InChI=1S/C28H39NO3/c1-4-31-28(30)23-13-15-29(16-14-23)19-21-5-6-25-18-27(12-9-24(25)17-21)32-26-10-7-22(8-11-26)20(2)3/h5-6,9,12,17-18,20,22-23,26H,4,7-8,10-11,13-16,19H2,1-3H3. The van der Waals surface area contributed by atoms with Crippen LogP contribution in [0, 0.1) is 17.8 Å². The summed E-state index contributed by atoms with van der Waals surface area (Å²) in [6, 6.07) is 13.3. The largest absolute Gasteiger partial charge is 0.490 e. The molecule has 174 valence electrons. The fourth-order valence-corrected chi connectivity index (χ4v) is 5.36. The van der Waals surface area contributed by atoms with Crippen LogP contribution in [-0.4, -0.2) is 36.7 Å². The molecule has 1 saturated carbocycles. The van der Waals surface area contributed by atoms with E-state index in [-0.39, 0.29) is 11.9 Å². The third-order valence-corrected chi connectivity index (χ3v) is 7.45. The van der Waals surface area contributed by atoms with Crippen LogP contribution in [0.2, 0.25) is 0 Å². The Hall–Kier alpha value is -2.07. The summed E-state index contributed by atoms with van der Waals surface area (Å²) in [5.74, 6) is 2.69. The van der Waals surface area contributed by atoms with Crippen molar-refractivity contribution in [2.24, 2.45) is 17.8 Å². The molecule has 4 rings (SSSR count). The molecule has 0 atom stereocenters. The van der Waals surface area contributed by atoms with Crippen LogP contribution >= 0.6 is 0 Å². The second-order valence-corrected chi connectivity index (χ2v) is 10.0. The number of likely N-dealkylation sites (tertiary alicyclic amines) is 1. The molecule has 1 heterocycles. The molecule has 0 bridgehead atoms. The van der Waals surface area contributed by atoms with E-state index in [1.807, 2.05) is 6.92 Å². The van der Waals surface area contributed by atoms with Gasteiger partial charge in [-0.3, -0.25) is 9.69 Å².